The van der Waals surface area contributed by atoms with Crippen LogP contribution >= 0.6 is 0 Å². The van der Waals surface area contributed by atoms with Crippen molar-refractivity contribution in [3.63, 3.8) is 0 Å². The van der Waals surface area contributed by atoms with Crippen molar-refractivity contribution in [1.29, 1.82) is 0 Å². The van der Waals surface area contributed by atoms with Gasteiger partial charge in [0.25, 0.3) is 0 Å². The minimum atomic E-state index is -0.373. The van der Waals surface area contributed by atoms with Crippen LogP contribution in [0.3, 0.4) is 0 Å². The van der Waals surface area contributed by atoms with E-state index < -0.39 is 0 Å². The summed E-state index contributed by atoms with van der Waals surface area (Å²) in [6.07, 6.45) is 6.57. The summed E-state index contributed by atoms with van der Waals surface area (Å²) in [5.74, 6) is 1.90. The van der Waals surface area contributed by atoms with Gasteiger partial charge in [-0.2, -0.15) is 5.10 Å². The number of azide groups is 1. The van der Waals surface area contributed by atoms with E-state index in [0.29, 0.717) is 12.2 Å². The zero-order chi connectivity index (χ0) is 16.8. The lowest BCUT2D eigenvalue weighted by Crippen LogP contribution is -2.30. The molecule has 11 nitrogen and oxygen atoms in total. The van der Waals surface area contributed by atoms with Gasteiger partial charge in [-0.25, -0.2) is 4.79 Å². The van der Waals surface area contributed by atoms with Gasteiger partial charge in [-0.15, -0.1) is 10.2 Å². The molecule has 0 atom stereocenters. The molecule has 3 heterocycles. The molecular formula is C13H18N10O. The summed E-state index contributed by atoms with van der Waals surface area (Å²) in [5.41, 5.74) is 8.73. The van der Waals surface area contributed by atoms with Crippen molar-refractivity contribution in [2.75, 3.05) is 18.4 Å². The number of rotatable bonds is 6. The van der Waals surface area contributed by atoms with E-state index in [0.717, 1.165) is 37.5 Å². The zero-order valence-electron chi connectivity index (χ0n) is 13.1. The first-order valence-electron chi connectivity index (χ1n) is 7.75. The number of amides is 2. The van der Waals surface area contributed by atoms with Gasteiger partial charge in [0, 0.05) is 37.2 Å². The summed E-state index contributed by atoms with van der Waals surface area (Å²) >= 11 is 0. The van der Waals surface area contributed by atoms with E-state index in [1.54, 1.807) is 17.1 Å². The van der Waals surface area contributed by atoms with E-state index in [-0.39, 0.29) is 19.1 Å². The highest BCUT2D eigenvalue weighted by Gasteiger charge is 2.16. The maximum Gasteiger partial charge on any atom is 0.319 e. The Morgan fingerprint density at radius 2 is 2.33 bits per heavy atom. The molecule has 0 aromatic carbocycles. The van der Waals surface area contributed by atoms with E-state index in [4.69, 9.17) is 5.53 Å². The average molecular weight is 330 g/mol. The molecule has 0 saturated heterocycles. The van der Waals surface area contributed by atoms with Crippen LogP contribution in [0.15, 0.2) is 17.5 Å². The second kappa shape index (κ2) is 7.47. The van der Waals surface area contributed by atoms with Gasteiger partial charge in [0.05, 0.1) is 11.9 Å². The Labute approximate surface area is 137 Å². The molecule has 2 aromatic heterocycles. The van der Waals surface area contributed by atoms with E-state index in [9.17, 15) is 4.79 Å². The fourth-order valence-corrected chi connectivity index (χ4v) is 2.58. The van der Waals surface area contributed by atoms with Crippen molar-refractivity contribution in [3.8, 4) is 0 Å². The molecule has 3 rings (SSSR count). The van der Waals surface area contributed by atoms with Crippen molar-refractivity contribution >= 4 is 11.7 Å². The Bertz CT molecular complexity index is 757. The standard InChI is InChI=1S/C13H18N10O/c14-21-16-5-4-15-13(24)18-10-7-17-22(8-10)9-12-20-19-11-3-1-2-6-23(11)12/h7-8H,1-6,9H2,(H2,15,18,24). The van der Waals surface area contributed by atoms with Gasteiger partial charge >= 0.3 is 6.03 Å². The van der Waals surface area contributed by atoms with Gasteiger partial charge in [0.2, 0.25) is 0 Å². The highest BCUT2D eigenvalue weighted by molar-refractivity contribution is 5.88. The van der Waals surface area contributed by atoms with Gasteiger partial charge in [-0.3, -0.25) is 4.68 Å². The number of nitrogens with one attached hydrogen (secondary N) is 2. The Balaban J connectivity index is 1.55. The first-order chi connectivity index (χ1) is 11.8. The van der Waals surface area contributed by atoms with Crippen LogP contribution in [0.4, 0.5) is 10.5 Å². The molecule has 0 spiro atoms. The van der Waals surface area contributed by atoms with Crippen LogP contribution in [0.1, 0.15) is 24.5 Å². The van der Waals surface area contributed by atoms with Crippen LogP contribution < -0.4 is 10.6 Å². The number of anilines is 1. The van der Waals surface area contributed by atoms with Gasteiger partial charge in [0.1, 0.15) is 12.4 Å². The van der Waals surface area contributed by atoms with Crippen LogP contribution in [0.2, 0.25) is 0 Å². The first kappa shape index (κ1) is 15.8. The van der Waals surface area contributed by atoms with Crippen LogP contribution in [-0.4, -0.2) is 43.7 Å². The number of carbonyl (C=O) groups excluding carboxylic acids is 1. The van der Waals surface area contributed by atoms with Crippen LogP contribution in [0.5, 0.6) is 0 Å². The summed E-state index contributed by atoms with van der Waals surface area (Å²) in [6.45, 7) is 1.93. The molecule has 1 aliphatic heterocycles. The van der Waals surface area contributed by atoms with Crippen molar-refractivity contribution in [2.24, 2.45) is 5.11 Å². The lowest BCUT2D eigenvalue weighted by molar-refractivity contribution is 0.252. The fraction of sp³-hybridized carbons (Fsp3) is 0.538. The number of hydrogen-bond acceptors (Lipinski definition) is 5. The fourth-order valence-electron chi connectivity index (χ4n) is 2.58. The maximum absolute atomic E-state index is 11.7. The molecule has 0 bridgehead atoms. The number of nitrogens with zero attached hydrogens (tertiary/aromatic N) is 8. The SMILES string of the molecule is [N-]=[N+]=NCCNC(=O)Nc1cnn(Cc2nnc3n2CCCC3)c1. The second-order valence-corrected chi connectivity index (χ2v) is 5.40. The number of urea groups is 1. The van der Waals surface area contributed by atoms with Crippen molar-refractivity contribution in [1.82, 2.24) is 29.9 Å². The molecule has 2 amide bonds. The van der Waals surface area contributed by atoms with E-state index in [1.807, 2.05) is 0 Å². The largest absolute Gasteiger partial charge is 0.338 e. The van der Waals surface area contributed by atoms with Crippen molar-refractivity contribution in [2.45, 2.75) is 32.4 Å². The van der Waals surface area contributed by atoms with Gasteiger partial charge in [-0.05, 0) is 18.4 Å². The van der Waals surface area contributed by atoms with E-state index in [2.05, 4.69) is 40.5 Å². The van der Waals surface area contributed by atoms with Crippen LogP contribution in [-0.2, 0) is 19.5 Å². The second-order valence-electron chi connectivity index (χ2n) is 5.40. The maximum atomic E-state index is 11.7. The quantitative estimate of drug-likeness (QED) is 0.356. The smallest absolute Gasteiger partial charge is 0.319 e. The van der Waals surface area contributed by atoms with Gasteiger partial charge in [0.15, 0.2) is 5.82 Å². The first-order valence-corrected chi connectivity index (χ1v) is 7.75. The topological polar surface area (TPSA) is 138 Å². The van der Waals surface area contributed by atoms with Gasteiger partial charge < -0.3 is 15.2 Å². The Kier molecular flexibility index (Phi) is 4.92. The van der Waals surface area contributed by atoms with Crippen molar-refractivity contribution in [3.05, 3.63) is 34.5 Å². The minimum absolute atomic E-state index is 0.209. The van der Waals surface area contributed by atoms with Crippen LogP contribution in [0.25, 0.3) is 10.4 Å². The third-order valence-corrected chi connectivity index (χ3v) is 3.69. The highest BCUT2D eigenvalue weighted by Crippen LogP contribution is 2.15. The molecule has 0 unspecified atom stereocenters. The van der Waals surface area contributed by atoms with E-state index >= 15 is 0 Å². The monoisotopic (exact) mass is 330 g/mol. The molecule has 0 aliphatic carbocycles. The summed E-state index contributed by atoms with van der Waals surface area (Å²) < 4.78 is 3.85. The molecular weight excluding hydrogens is 312 g/mol. The molecule has 0 saturated carbocycles. The average Bonchev–Trinajstić information content (AvgIpc) is 3.20. The number of fused-ring (bicyclic) bond motifs is 1. The molecule has 126 valence electrons. The summed E-state index contributed by atoms with van der Waals surface area (Å²) in [4.78, 5) is 14.3. The Morgan fingerprint density at radius 1 is 1.42 bits per heavy atom. The van der Waals surface area contributed by atoms with E-state index in [1.165, 1.54) is 0 Å². The number of carbonyl (C=O) groups is 1. The Morgan fingerprint density at radius 3 is 3.21 bits per heavy atom. The molecule has 24 heavy (non-hydrogen) atoms. The number of aromatic nitrogens is 5. The lowest BCUT2D eigenvalue weighted by Gasteiger charge is -2.14. The summed E-state index contributed by atoms with van der Waals surface area (Å²) in [5, 5.41) is 21.3. The van der Waals surface area contributed by atoms with Crippen molar-refractivity contribution < 1.29 is 4.79 Å². The number of hydrogen-bond donors (Lipinski definition) is 2. The molecule has 0 radical (unpaired) electrons. The normalized spacial score (nSPS) is 13.0. The summed E-state index contributed by atoms with van der Waals surface area (Å²) in [7, 11) is 0. The number of aryl methyl sites for hydroxylation is 1. The molecule has 2 aromatic rings. The predicted octanol–water partition coefficient (Wildman–Crippen LogP) is 1.29. The Hall–Kier alpha value is -3.07. The molecule has 1 aliphatic rings. The van der Waals surface area contributed by atoms with Crippen LogP contribution in [0, 0.1) is 0 Å². The van der Waals surface area contributed by atoms with Gasteiger partial charge in [-0.1, -0.05) is 5.11 Å². The highest BCUT2D eigenvalue weighted by atomic mass is 16.2. The third kappa shape index (κ3) is 3.82. The minimum Gasteiger partial charge on any atom is -0.338 e. The lowest BCUT2D eigenvalue weighted by atomic mass is 10.2. The molecule has 2 N–H and O–H groups in total. The molecule has 11 heteroatoms. The predicted molar refractivity (Wildman–Crippen MR) is 85.3 cm³/mol. The zero-order valence-corrected chi connectivity index (χ0v) is 13.1. The summed E-state index contributed by atoms with van der Waals surface area (Å²) in [6, 6.07) is -0.373. The molecule has 0 fully saturated rings. The third-order valence-electron chi connectivity index (χ3n) is 3.69.